The number of nitrogens with one attached hydrogen (secondary N) is 2. The Balaban J connectivity index is 1.60. The van der Waals surface area contributed by atoms with Crippen molar-refractivity contribution in [2.75, 3.05) is 26.3 Å². The van der Waals surface area contributed by atoms with Gasteiger partial charge in [0.15, 0.2) is 0 Å². The van der Waals surface area contributed by atoms with Gasteiger partial charge in [-0.05, 0) is 31.6 Å². The molecule has 0 aromatic carbocycles. The summed E-state index contributed by atoms with van der Waals surface area (Å²) in [6, 6.07) is -1.42. The number of amides is 5. The van der Waals surface area contributed by atoms with Crippen molar-refractivity contribution in [2.45, 2.75) is 63.5 Å². The summed E-state index contributed by atoms with van der Waals surface area (Å²) in [6.07, 6.45) is 7.02. The number of urea groups is 1. The Morgan fingerprint density at radius 3 is 2.60 bits per heavy atom. The summed E-state index contributed by atoms with van der Waals surface area (Å²) in [5, 5.41) is 15.2. The smallest absolute Gasteiger partial charge is 0.321 e. The molecule has 0 aromatic heterocycles. The highest BCUT2D eigenvalue weighted by molar-refractivity contribution is 5.99. The van der Waals surface area contributed by atoms with E-state index in [-0.39, 0.29) is 18.5 Å². The lowest BCUT2D eigenvalue weighted by Crippen LogP contribution is -2.53. The van der Waals surface area contributed by atoms with Gasteiger partial charge < -0.3 is 15.0 Å². The minimum Gasteiger partial charge on any atom is -0.379 e. The number of hydroxylamine groups is 2. The van der Waals surface area contributed by atoms with Crippen LogP contribution < -0.4 is 10.6 Å². The predicted octanol–water partition coefficient (Wildman–Crippen LogP) is 0.636. The number of hydrogen-bond donors (Lipinski definition) is 3. The fraction of sp³-hybridized carbons (Fsp3) is 0.800. The van der Waals surface area contributed by atoms with Gasteiger partial charge in [-0.15, -0.1) is 0 Å². The molecule has 3 atom stereocenters. The molecule has 0 unspecified atom stereocenters. The standard InChI is InChI=1S/C20H32N4O6/c25-13-23(29)11-15(10-14-4-1-2-5-14)19(27)24-8-3-6-17(24)18(26)22-20(28)21-16-7-9-30-12-16/h13-17,29H,1-12H2,(H2,21,22,26,28)/t15-,16+,17+/m1/s1. The average molecular weight is 424 g/mol. The largest absolute Gasteiger partial charge is 0.379 e. The van der Waals surface area contributed by atoms with Gasteiger partial charge in [-0.2, -0.15) is 0 Å². The quantitative estimate of drug-likeness (QED) is 0.298. The van der Waals surface area contributed by atoms with Gasteiger partial charge in [0.25, 0.3) is 5.91 Å². The van der Waals surface area contributed by atoms with E-state index in [1.807, 2.05) is 0 Å². The number of carbonyl (C=O) groups excluding carboxylic acids is 4. The Labute approximate surface area is 176 Å². The molecule has 2 aliphatic heterocycles. The SMILES string of the molecule is O=CN(O)C[C@@H](CC1CCCC1)C(=O)N1CCC[C@H]1C(=O)NC(=O)N[C@H]1CCOC1. The van der Waals surface area contributed by atoms with Crippen LogP contribution in [0.2, 0.25) is 0 Å². The highest BCUT2D eigenvalue weighted by atomic mass is 16.5. The van der Waals surface area contributed by atoms with Crippen LogP contribution in [0.3, 0.4) is 0 Å². The van der Waals surface area contributed by atoms with Crippen molar-refractivity contribution in [1.29, 1.82) is 0 Å². The maximum absolute atomic E-state index is 13.2. The molecule has 3 aliphatic rings. The lowest BCUT2D eigenvalue weighted by Gasteiger charge is -2.30. The Kier molecular flexibility index (Phi) is 8.03. The zero-order chi connectivity index (χ0) is 21.5. The molecule has 1 aliphatic carbocycles. The first kappa shape index (κ1) is 22.5. The maximum Gasteiger partial charge on any atom is 0.321 e. The zero-order valence-corrected chi connectivity index (χ0v) is 17.3. The molecule has 10 nitrogen and oxygen atoms in total. The van der Waals surface area contributed by atoms with E-state index in [0.29, 0.717) is 62.8 Å². The lowest BCUT2D eigenvalue weighted by molar-refractivity contribution is -0.158. The molecule has 10 heteroatoms. The predicted molar refractivity (Wildman–Crippen MR) is 105 cm³/mol. The molecule has 168 valence electrons. The van der Waals surface area contributed by atoms with Crippen LogP contribution >= 0.6 is 0 Å². The van der Waals surface area contributed by atoms with E-state index < -0.39 is 23.9 Å². The number of rotatable bonds is 8. The van der Waals surface area contributed by atoms with Crippen LogP contribution in [-0.2, 0) is 19.1 Å². The van der Waals surface area contributed by atoms with Crippen LogP contribution in [0.25, 0.3) is 0 Å². The van der Waals surface area contributed by atoms with Gasteiger partial charge in [-0.3, -0.25) is 24.9 Å². The average Bonchev–Trinajstić information content (AvgIpc) is 3.48. The van der Waals surface area contributed by atoms with Crippen molar-refractivity contribution in [1.82, 2.24) is 20.6 Å². The number of nitrogens with zero attached hydrogens (tertiary/aromatic N) is 2. The summed E-state index contributed by atoms with van der Waals surface area (Å²) in [6.45, 7) is 1.33. The Bertz CT molecular complexity index is 633. The van der Waals surface area contributed by atoms with Crippen LogP contribution in [0.15, 0.2) is 0 Å². The van der Waals surface area contributed by atoms with E-state index >= 15 is 0 Å². The molecule has 1 saturated carbocycles. The first-order chi connectivity index (χ1) is 14.5. The van der Waals surface area contributed by atoms with Crippen molar-refractivity contribution in [3.05, 3.63) is 0 Å². The highest BCUT2D eigenvalue weighted by Gasteiger charge is 2.39. The number of ether oxygens (including phenoxy) is 1. The molecule has 3 rings (SSSR count). The Hall–Kier alpha value is -2.20. The minimum absolute atomic E-state index is 0.0914. The van der Waals surface area contributed by atoms with E-state index in [9.17, 15) is 24.4 Å². The van der Waals surface area contributed by atoms with E-state index in [2.05, 4.69) is 10.6 Å². The normalized spacial score (nSPS) is 25.2. The fourth-order valence-corrected chi connectivity index (χ4v) is 4.77. The van der Waals surface area contributed by atoms with Gasteiger partial charge in [-0.1, -0.05) is 25.7 Å². The summed E-state index contributed by atoms with van der Waals surface area (Å²) in [4.78, 5) is 50.4. The third-order valence-electron chi connectivity index (χ3n) is 6.31. The third-order valence-corrected chi connectivity index (χ3v) is 6.31. The number of imide groups is 1. The Morgan fingerprint density at radius 1 is 1.17 bits per heavy atom. The van der Waals surface area contributed by atoms with E-state index in [4.69, 9.17) is 4.74 Å². The van der Waals surface area contributed by atoms with E-state index in [1.165, 1.54) is 4.90 Å². The molecule has 0 aromatic rings. The van der Waals surface area contributed by atoms with Gasteiger partial charge in [0, 0.05) is 13.2 Å². The van der Waals surface area contributed by atoms with E-state index in [1.54, 1.807) is 0 Å². The molecule has 2 saturated heterocycles. The second-order valence-corrected chi connectivity index (χ2v) is 8.52. The topological polar surface area (TPSA) is 128 Å². The monoisotopic (exact) mass is 424 g/mol. The van der Waals surface area contributed by atoms with Crippen LogP contribution in [0, 0.1) is 11.8 Å². The second kappa shape index (κ2) is 10.7. The summed E-state index contributed by atoms with van der Waals surface area (Å²) >= 11 is 0. The summed E-state index contributed by atoms with van der Waals surface area (Å²) in [5.74, 6) is -0.937. The van der Waals surface area contributed by atoms with Crippen LogP contribution in [0.4, 0.5) is 4.79 Å². The first-order valence-electron chi connectivity index (χ1n) is 10.9. The molecule has 2 heterocycles. The van der Waals surface area contributed by atoms with Crippen molar-refractivity contribution in [2.24, 2.45) is 11.8 Å². The van der Waals surface area contributed by atoms with E-state index in [0.717, 1.165) is 25.7 Å². The van der Waals surface area contributed by atoms with Crippen molar-refractivity contribution in [3.63, 3.8) is 0 Å². The lowest BCUT2D eigenvalue weighted by atomic mass is 9.91. The van der Waals surface area contributed by atoms with Crippen molar-refractivity contribution >= 4 is 24.3 Å². The summed E-state index contributed by atoms with van der Waals surface area (Å²) < 4.78 is 5.20. The molecule has 3 fully saturated rings. The van der Waals surface area contributed by atoms with Gasteiger partial charge >= 0.3 is 6.03 Å². The Morgan fingerprint density at radius 2 is 1.93 bits per heavy atom. The number of likely N-dealkylation sites (tertiary alicyclic amines) is 1. The fourth-order valence-electron chi connectivity index (χ4n) is 4.77. The molecule has 3 N–H and O–H groups in total. The molecule has 0 bridgehead atoms. The minimum atomic E-state index is -0.725. The molecule has 5 amide bonds. The van der Waals surface area contributed by atoms with Crippen LogP contribution in [0.5, 0.6) is 0 Å². The van der Waals surface area contributed by atoms with Crippen LogP contribution in [0.1, 0.15) is 51.4 Å². The second-order valence-electron chi connectivity index (χ2n) is 8.52. The van der Waals surface area contributed by atoms with Gasteiger partial charge in [0.2, 0.25) is 12.3 Å². The zero-order valence-electron chi connectivity index (χ0n) is 17.3. The molecule has 0 radical (unpaired) electrons. The van der Waals surface area contributed by atoms with Crippen molar-refractivity contribution in [3.8, 4) is 0 Å². The van der Waals surface area contributed by atoms with Gasteiger partial charge in [-0.25, -0.2) is 9.86 Å². The number of hydrogen-bond acceptors (Lipinski definition) is 6. The molecule has 0 spiro atoms. The molecular weight excluding hydrogens is 392 g/mol. The van der Waals surface area contributed by atoms with Gasteiger partial charge in [0.05, 0.1) is 25.1 Å². The maximum atomic E-state index is 13.2. The van der Waals surface area contributed by atoms with Crippen LogP contribution in [-0.4, -0.2) is 77.8 Å². The highest BCUT2D eigenvalue weighted by Crippen LogP contribution is 2.32. The molecule has 30 heavy (non-hydrogen) atoms. The van der Waals surface area contributed by atoms with Crippen molar-refractivity contribution < 1.29 is 29.1 Å². The molecular formula is C20H32N4O6. The third kappa shape index (κ3) is 5.91. The summed E-state index contributed by atoms with van der Waals surface area (Å²) in [5.41, 5.74) is 0. The first-order valence-corrected chi connectivity index (χ1v) is 10.9. The van der Waals surface area contributed by atoms with Gasteiger partial charge in [0.1, 0.15) is 6.04 Å². The number of carbonyl (C=O) groups is 4. The summed E-state index contributed by atoms with van der Waals surface area (Å²) in [7, 11) is 0.